The largest absolute Gasteiger partial charge is 0.497 e. The first kappa shape index (κ1) is 20.5. The molecule has 1 heterocycles. The zero-order chi connectivity index (χ0) is 19.9. The minimum absolute atomic E-state index is 0.0193. The maximum Gasteiger partial charge on any atom is 0.317 e. The number of rotatable bonds is 6. The molecule has 1 aliphatic carbocycles. The number of carbonyl (C=O) groups excluding carboxylic acids is 2. The lowest BCUT2D eigenvalue weighted by Gasteiger charge is -2.29. The van der Waals surface area contributed by atoms with E-state index in [0.29, 0.717) is 19.1 Å². The van der Waals surface area contributed by atoms with E-state index in [2.05, 4.69) is 5.32 Å². The van der Waals surface area contributed by atoms with E-state index in [4.69, 9.17) is 9.47 Å². The Morgan fingerprint density at radius 1 is 1.11 bits per heavy atom. The van der Waals surface area contributed by atoms with Crippen LogP contribution in [0.4, 0.5) is 4.79 Å². The van der Waals surface area contributed by atoms with E-state index in [1.165, 1.54) is 0 Å². The average molecular weight is 389 g/mol. The number of carbonyl (C=O) groups is 2. The highest BCUT2D eigenvalue weighted by atomic mass is 16.5. The highest BCUT2D eigenvalue weighted by Crippen LogP contribution is 2.33. The van der Waals surface area contributed by atoms with Crippen molar-refractivity contribution in [1.82, 2.24) is 10.2 Å². The first-order valence-electron chi connectivity index (χ1n) is 10.5. The summed E-state index contributed by atoms with van der Waals surface area (Å²) < 4.78 is 10.4. The second-order valence-electron chi connectivity index (χ2n) is 7.78. The van der Waals surface area contributed by atoms with Crippen LogP contribution in [0.25, 0.3) is 0 Å². The molecule has 1 atom stereocenters. The van der Waals surface area contributed by atoms with Crippen LogP contribution in [0.2, 0.25) is 0 Å². The lowest BCUT2D eigenvalue weighted by Crippen LogP contribution is -2.42. The van der Waals surface area contributed by atoms with E-state index in [-0.39, 0.29) is 24.0 Å². The van der Waals surface area contributed by atoms with Crippen molar-refractivity contribution in [3.05, 3.63) is 29.8 Å². The minimum Gasteiger partial charge on any atom is -0.497 e. The van der Waals surface area contributed by atoms with Crippen molar-refractivity contribution in [3.8, 4) is 5.75 Å². The maximum atomic E-state index is 12.8. The first-order valence-corrected chi connectivity index (χ1v) is 10.5. The molecule has 0 radical (unpaired) electrons. The van der Waals surface area contributed by atoms with Crippen molar-refractivity contribution < 1.29 is 19.1 Å². The number of nitrogens with zero attached hydrogens (tertiary/aromatic N) is 1. The van der Waals surface area contributed by atoms with Crippen LogP contribution < -0.4 is 10.1 Å². The Kier molecular flexibility index (Phi) is 7.18. The summed E-state index contributed by atoms with van der Waals surface area (Å²) in [6, 6.07) is 8.14. The molecule has 1 saturated heterocycles. The van der Waals surface area contributed by atoms with Crippen LogP contribution in [0.15, 0.2) is 24.3 Å². The SMILES string of the molecule is CCOC(=O)C1CCC(CNC(=O)N2CCC[C@@H]2c2ccc(OC)cc2)CC1. The second-order valence-corrected chi connectivity index (χ2v) is 7.78. The molecule has 2 fully saturated rings. The van der Waals surface area contributed by atoms with E-state index >= 15 is 0 Å². The van der Waals surface area contributed by atoms with Gasteiger partial charge in [-0.05, 0) is 69.1 Å². The summed E-state index contributed by atoms with van der Waals surface area (Å²) >= 11 is 0. The molecular weight excluding hydrogens is 356 g/mol. The lowest BCUT2D eigenvalue weighted by molar-refractivity contribution is -0.149. The van der Waals surface area contributed by atoms with Crippen LogP contribution in [-0.4, -0.2) is 43.7 Å². The van der Waals surface area contributed by atoms with E-state index < -0.39 is 0 Å². The molecule has 6 heteroatoms. The molecule has 1 aromatic carbocycles. The van der Waals surface area contributed by atoms with Gasteiger partial charge in [0.1, 0.15) is 5.75 Å². The van der Waals surface area contributed by atoms with Crippen molar-refractivity contribution in [2.75, 3.05) is 26.8 Å². The zero-order valence-corrected chi connectivity index (χ0v) is 17.0. The fourth-order valence-corrected chi connectivity index (χ4v) is 4.38. The minimum atomic E-state index is -0.0654. The van der Waals surface area contributed by atoms with E-state index in [1.54, 1.807) is 7.11 Å². The van der Waals surface area contributed by atoms with E-state index in [0.717, 1.165) is 56.4 Å². The van der Waals surface area contributed by atoms with Gasteiger partial charge in [0.05, 0.1) is 25.7 Å². The summed E-state index contributed by atoms with van der Waals surface area (Å²) in [6.45, 7) is 3.76. The standard InChI is InChI=1S/C22H32N2O4/c1-3-28-21(25)18-8-6-16(7-9-18)15-23-22(26)24-14-4-5-20(24)17-10-12-19(27-2)13-11-17/h10-13,16,18,20H,3-9,14-15H2,1-2H3,(H,23,26)/t16?,18?,20-/m1/s1. The molecule has 3 rings (SSSR count). The second kappa shape index (κ2) is 9.80. The normalized spacial score (nSPS) is 24.6. The number of hydrogen-bond acceptors (Lipinski definition) is 4. The topological polar surface area (TPSA) is 67.9 Å². The number of methoxy groups -OCH3 is 1. The Morgan fingerprint density at radius 2 is 1.82 bits per heavy atom. The van der Waals surface area contributed by atoms with Gasteiger partial charge >= 0.3 is 12.0 Å². The fraction of sp³-hybridized carbons (Fsp3) is 0.636. The molecule has 0 unspecified atom stereocenters. The molecule has 28 heavy (non-hydrogen) atoms. The van der Waals surface area contributed by atoms with Gasteiger partial charge in [-0.1, -0.05) is 12.1 Å². The Morgan fingerprint density at radius 3 is 2.46 bits per heavy atom. The smallest absolute Gasteiger partial charge is 0.317 e. The molecule has 154 valence electrons. The van der Waals surface area contributed by atoms with Gasteiger partial charge < -0.3 is 19.7 Å². The molecular formula is C22H32N2O4. The number of nitrogens with one attached hydrogen (secondary N) is 1. The summed E-state index contributed by atoms with van der Waals surface area (Å²) in [6.07, 6.45) is 5.66. The fourth-order valence-electron chi connectivity index (χ4n) is 4.38. The first-order chi connectivity index (χ1) is 13.6. The highest BCUT2D eigenvalue weighted by Gasteiger charge is 2.31. The summed E-state index contributed by atoms with van der Waals surface area (Å²) in [5.74, 6) is 1.24. The van der Waals surface area contributed by atoms with Gasteiger partial charge in [-0.2, -0.15) is 0 Å². The van der Waals surface area contributed by atoms with Crippen molar-refractivity contribution in [3.63, 3.8) is 0 Å². The summed E-state index contributed by atoms with van der Waals surface area (Å²) in [4.78, 5) is 26.6. The van der Waals surface area contributed by atoms with Crippen LogP contribution in [-0.2, 0) is 9.53 Å². The van der Waals surface area contributed by atoms with Crippen molar-refractivity contribution in [1.29, 1.82) is 0 Å². The van der Waals surface area contributed by atoms with Crippen LogP contribution in [0, 0.1) is 11.8 Å². The number of esters is 1. The maximum absolute atomic E-state index is 12.8. The van der Waals surface area contributed by atoms with Gasteiger partial charge in [0.2, 0.25) is 0 Å². The Labute approximate surface area is 167 Å². The quantitative estimate of drug-likeness (QED) is 0.750. The molecule has 1 saturated carbocycles. The van der Waals surface area contributed by atoms with Crippen molar-refractivity contribution in [2.24, 2.45) is 11.8 Å². The number of amides is 2. The molecule has 2 aliphatic rings. The molecule has 6 nitrogen and oxygen atoms in total. The van der Waals surface area contributed by atoms with Gasteiger partial charge in [0.15, 0.2) is 0 Å². The molecule has 2 amide bonds. The summed E-state index contributed by atoms with van der Waals surface area (Å²) in [5.41, 5.74) is 1.16. The lowest BCUT2D eigenvalue weighted by atomic mass is 9.82. The van der Waals surface area contributed by atoms with Crippen LogP contribution >= 0.6 is 0 Å². The van der Waals surface area contributed by atoms with Gasteiger partial charge in [-0.3, -0.25) is 4.79 Å². The monoisotopic (exact) mass is 388 g/mol. The van der Waals surface area contributed by atoms with Crippen molar-refractivity contribution in [2.45, 2.75) is 51.5 Å². The van der Waals surface area contributed by atoms with Gasteiger partial charge in [0.25, 0.3) is 0 Å². The van der Waals surface area contributed by atoms with Crippen LogP contribution in [0.3, 0.4) is 0 Å². The third-order valence-electron chi connectivity index (χ3n) is 6.02. The van der Waals surface area contributed by atoms with E-state index in [9.17, 15) is 9.59 Å². The summed E-state index contributed by atoms with van der Waals surface area (Å²) in [5, 5.41) is 3.13. The van der Waals surface area contributed by atoms with Crippen LogP contribution in [0.5, 0.6) is 5.75 Å². The molecule has 1 N–H and O–H groups in total. The molecule has 1 aromatic rings. The predicted octanol–water partition coefficient (Wildman–Crippen LogP) is 3.91. The number of hydrogen-bond donors (Lipinski definition) is 1. The number of ether oxygens (including phenoxy) is 2. The van der Waals surface area contributed by atoms with Gasteiger partial charge in [-0.15, -0.1) is 0 Å². The van der Waals surface area contributed by atoms with Crippen LogP contribution in [0.1, 0.15) is 57.1 Å². The molecule has 0 spiro atoms. The van der Waals surface area contributed by atoms with Crippen molar-refractivity contribution >= 4 is 12.0 Å². The Balaban J connectivity index is 1.47. The predicted molar refractivity (Wildman–Crippen MR) is 107 cm³/mol. The zero-order valence-electron chi connectivity index (χ0n) is 17.0. The molecule has 1 aliphatic heterocycles. The molecule has 0 bridgehead atoms. The van der Waals surface area contributed by atoms with E-state index in [1.807, 2.05) is 36.1 Å². The third kappa shape index (κ3) is 4.97. The number of likely N-dealkylation sites (tertiary alicyclic amines) is 1. The Bertz CT molecular complexity index is 653. The summed E-state index contributed by atoms with van der Waals surface area (Å²) in [7, 11) is 1.66. The highest BCUT2D eigenvalue weighted by molar-refractivity contribution is 5.75. The third-order valence-corrected chi connectivity index (χ3v) is 6.02. The number of benzene rings is 1. The average Bonchev–Trinajstić information content (AvgIpc) is 3.22. The molecule has 0 aromatic heterocycles. The van der Waals surface area contributed by atoms with Gasteiger partial charge in [0, 0.05) is 13.1 Å². The number of urea groups is 1. The Hall–Kier alpha value is -2.24. The van der Waals surface area contributed by atoms with Gasteiger partial charge in [-0.25, -0.2) is 4.79 Å².